The fourth-order valence-electron chi connectivity index (χ4n) is 0.934. The Kier molecular flexibility index (Phi) is 3.77. The van der Waals surface area contributed by atoms with Crippen molar-refractivity contribution in [1.29, 1.82) is 0 Å². The summed E-state index contributed by atoms with van der Waals surface area (Å²) in [5, 5.41) is 4.51. The molecular formula is C8H16N2S2. The lowest BCUT2D eigenvalue weighted by atomic mass is 10.1. The number of rotatable bonds is 3. The maximum Gasteiger partial charge on any atom is 0.157 e. The van der Waals surface area contributed by atoms with Crippen molar-refractivity contribution in [2.75, 3.05) is 24.3 Å². The molecule has 0 atom stereocenters. The van der Waals surface area contributed by atoms with Gasteiger partial charge in [0.1, 0.15) is 0 Å². The lowest BCUT2D eigenvalue weighted by Crippen LogP contribution is -2.36. The topological polar surface area (TPSA) is 24.4 Å². The summed E-state index contributed by atoms with van der Waals surface area (Å²) in [6.45, 7) is 5.35. The third-order valence-electron chi connectivity index (χ3n) is 1.57. The summed E-state index contributed by atoms with van der Waals surface area (Å²) in [5.74, 6) is 2.25. The molecule has 1 aliphatic rings. The summed E-state index contributed by atoms with van der Waals surface area (Å²) < 4.78 is 0. The predicted octanol–water partition coefficient (Wildman–Crippen LogP) is 1.82. The fourth-order valence-corrected chi connectivity index (χ4v) is 2.31. The van der Waals surface area contributed by atoms with E-state index in [1.165, 1.54) is 0 Å². The Morgan fingerprint density at radius 1 is 1.67 bits per heavy atom. The molecule has 4 heteroatoms. The van der Waals surface area contributed by atoms with Gasteiger partial charge < -0.3 is 5.32 Å². The van der Waals surface area contributed by atoms with E-state index < -0.39 is 0 Å². The number of aliphatic imine (C=N–C) groups is 1. The lowest BCUT2D eigenvalue weighted by molar-refractivity contribution is 0.536. The van der Waals surface area contributed by atoms with E-state index in [1.807, 2.05) is 23.5 Å². The zero-order valence-corrected chi connectivity index (χ0v) is 9.52. The van der Waals surface area contributed by atoms with Gasteiger partial charge in [0.15, 0.2) is 5.17 Å². The number of amidine groups is 1. The standard InChI is InChI=1S/C8H16N2S2/c1-8(2)6-12-7(10-8)9-4-5-11-3/h4-6H2,1-3H3,(H,9,10). The zero-order chi connectivity index (χ0) is 9.03. The Hall–Kier alpha value is 0.170. The van der Waals surface area contributed by atoms with Crippen LogP contribution in [0.15, 0.2) is 4.99 Å². The number of nitrogens with one attached hydrogen (secondary N) is 1. The van der Waals surface area contributed by atoms with Gasteiger partial charge in [0.05, 0.1) is 6.54 Å². The van der Waals surface area contributed by atoms with E-state index in [0.717, 1.165) is 23.2 Å². The molecule has 0 amide bonds. The number of thioether (sulfide) groups is 2. The van der Waals surface area contributed by atoms with Crippen LogP contribution in [0.2, 0.25) is 0 Å². The van der Waals surface area contributed by atoms with Crippen molar-refractivity contribution in [3.05, 3.63) is 0 Å². The smallest absolute Gasteiger partial charge is 0.157 e. The van der Waals surface area contributed by atoms with Crippen molar-refractivity contribution in [3.63, 3.8) is 0 Å². The Morgan fingerprint density at radius 3 is 2.92 bits per heavy atom. The molecule has 1 aliphatic heterocycles. The minimum absolute atomic E-state index is 0.239. The van der Waals surface area contributed by atoms with Crippen LogP contribution >= 0.6 is 23.5 Å². The summed E-state index contributed by atoms with van der Waals surface area (Å²) in [7, 11) is 0. The molecule has 12 heavy (non-hydrogen) atoms. The number of hydrogen-bond acceptors (Lipinski definition) is 3. The SMILES string of the molecule is CSCCN=C1NC(C)(C)CS1. The summed E-state index contributed by atoms with van der Waals surface area (Å²) in [4.78, 5) is 4.46. The van der Waals surface area contributed by atoms with Gasteiger partial charge in [-0.2, -0.15) is 11.8 Å². The largest absolute Gasteiger partial charge is 0.359 e. The fraction of sp³-hybridized carbons (Fsp3) is 0.875. The van der Waals surface area contributed by atoms with Crippen LogP contribution < -0.4 is 5.32 Å². The van der Waals surface area contributed by atoms with Gasteiger partial charge >= 0.3 is 0 Å². The van der Waals surface area contributed by atoms with Crippen LogP contribution in [-0.4, -0.2) is 35.0 Å². The maximum atomic E-state index is 4.46. The van der Waals surface area contributed by atoms with Crippen molar-refractivity contribution < 1.29 is 0 Å². The molecule has 0 aliphatic carbocycles. The second-order valence-electron chi connectivity index (χ2n) is 3.48. The first kappa shape index (κ1) is 10.3. The Labute approximate surface area is 83.0 Å². The molecule has 0 radical (unpaired) electrons. The van der Waals surface area contributed by atoms with E-state index in [-0.39, 0.29) is 5.54 Å². The molecule has 0 saturated carbocycles. The summed E-state index contributed by atoms with van der Waals surface area (Å²) in [5.41, 5.74) is 0.239. The van der Waals surface area contributed by atoms with E-state index in [0.29, 0.717) is 0 Å². The second kappa shape index (κ2) is 4.42. The molecule has 1 saturated heterocycles. The van der Waals surface area contributed by atoms with Crippen molar-refractivity contribution in [3.8, 4) is 0 Å². The predicted molar refractivity (Wildman–Crippen MR) is 60.4 cm³/mol. The molecular weight excluding hydrogens is 188 g/mol. The first-order valence-corrected chi connectivity index (χ1v) is 6.46. The molecule has 1 fully saturated rings. The number of hydrogen-bond donors (Lipinski definition) is 1. The average molecular weight is 204 g/mol. The summed E-state index contributed by atoms with van der Waals surface area (Å²) in [6, 6.07) is 0. The van der Waals surface area contributed by atoms with Crippen LogP contribution in [0.25, 0.3) is 0 Å². The van der Waals surface area contributed by atoms with Gasteiger partial charge in [-0.25, -0.2) is 0 Å². The molecule has 0 spiro atoms. The van der Waals surface area contributed by atoms with Crippen LogP contribution in [0.4, 0.5) is 0 Å². The van der Waals surface area contributed by atoms with Gasteiger partial charge in [0.25, 0.3) is 0 Å². The highest BCUT2D eigenvalue weighted by atomic mass is 32.2. The van der Waals surface area contributed by atoms with Crippen LogP contribution in [0.1, 0.15) is 13.8 Å². The third kappa shape index (κ3) is 3.27. The van der Waals surface area contributed by atoms with Crippen molar-refractivity contribution in [2.45, 2.75) is 19.4 Å². The maximum absolute atomic E-state index is 4.46. The third-order valence-corrected chi connectivity index (χ3v) is 3.53. The molecule has 1 heterocycles. The molecule has 70 valence electrons. The van der Waals surface area contributed by atoms with Crippen LogP contribution in [0.5, 0.6) is 0 Å². The molecule has 0 unspecified atom stereocenters. The van der Waals surface area contributed by atoms with Gasteiger partial charge in [-0.1, -0.05) is 11.8 Å². The van der Waals surface area contributed by atoms with Gasteiger partial charge in [-0.05, 0) is 20.1 Å². The normalized spacial score (nSPS) is 24.4. The van der Waals surface area contributed by atoms with Gasteiger partial charge in [-0.3, -0.25) is 4.99 Å². The Morgan fingerprint density at radius 2 is 2.42 bits per heavy atom. The average Bonchev–Trinajstić information content (AvgIpc) is 2.31. The molecule has 2 nitrogen and oxygen atoms in total. The van der Waals surface area contributed by atoms with E-state index in [4.69, 9.17) is 0 Å². The Bertz CT molecular complexity index is 178. The molecule has 1 rings (SSSR count). The number of nitrogens with zero attached hydrogens (tertiary/aromatic N) is 1. The minimum atomic E-state index is 0.239. The van der Waals surface area contributed by atoms with Crippen molar-refractivity contribution >= 4 is 28.7 Å². The molecule has 1 N–H and O–H groups in total. The molecule has 0 bridgehead atoms. The van der Waals surface area contributed by atoms with E-state index >= 15 is 0 Å². The van der Waals surface area contributed by atoms with E-state index in [1.54, 1.807) is 0 Å². The summed E-state index contributed by atoms with van der Waals surface area (Å²) >= 11 is 3.67. The monoisotopic (exact) mass is 204 g/mol. The first-order chi connectivity index (χ1) is 5.64. The lowest BCUT2D eigenvalue weighted by Gasteiger charge is -2.15. The Balaban J connectivity index is 2.31. The van der Waals surface area contributed by atoms with Crippen LogP contribution in [-0.2, 0) is 0 Å². The highest BCUT2D eigenvalue weighted by Gasteiger charge is 2.26. The van der Waals surface area contributed by atoms with Gasteiger partial charge in [0, 0.05) is 17.0 Å². The highest BCUT2D eigenvalue weighted by molar-refractivity contribution is 8.14. The minimum Gasteiger partial charge on any atom is -0.359 e. The van der Waals surface area contributed by atoms with E-state index in [9.17, 15) is 0 Å². The zero-order valence-electron chi connectivity index (χ0n) is 7.89. The highest BCUT2D eigenvalue weighted by Crippen LogP contribution is 2.21. The molecule has 0 aromatic heterocycles. The van der Waals surface area contributed by atoms with Crippen LogP contribution in [0, 0.1) is 0 Å². The van der Waals surface area contributed by atoms with Gasteiger partial charge in [0.2, 0.25) is 0 Å². The molecule has 0 aromatic carbocycles. The molecule has 0 aromatic rings. The first-order valence-electron chi connectivity index (χ1n) is 4.08. The van der Waals surface area contributed by atoms with Crippen molar-refractivity contribution in [2.24, 2.45) is 4.99 Å². The van der Waals surface area contributed by atoms with Crippen molar-refractivity contribution in [1.82, 2.24) is 5.32 Å². The quantitative estimate of drug-likeness (QED) is 0.710. The van der Waals surface area contributed by atoms with E-state index in [2.05, 4.69) is 30.4 Å². The van der Waals surface area contributed by atoms with Crippen LogP contribution in [0.3, 0.4) is 0 Å². The second-order valence-corrected chi connectivity index (χ2v) is 5.43. The van der Waals surface area contributed by atoms with Gasteiger partial charge in [-0.15, -0.1) is 0 Å². The summed E-state index contributed by atoms with van der Waals surface area (Å²) in [6.07, 6.45) is 2.11.